The second kappa shape index (κ2) is 10.2. The van der Waals surface area contributed by atoms with Crippen LogP contribution in [0.2, 0.25) is 0 Å². The van der Waals surface area contributed by atoms with Gasteiger partial charge in [-0.1, -0.05) is 38.3 Å². The maximum Gasteiger partial charge on any atom is 0.121 e. The Bertz CT molecular complexity index is 180. The molecule has 0 aromatic carbocycles. The SMILES string of the molecule is CCCCCC(O)C=CC(CC=O)SC. The average molecular weight is 230 g/mol. The Kier molecular flexibility index (Phi) is 10.1. The van der Waals surface area contributed by atoms with E-state index in [1.54, 1.807) is 11.8 Å². The molecular weight excluding hydrogens is 208 g/mol. The Morgan fingerprint density at radius 2 is 2.07 bits per heavy atom. The minimum Gasteiger partial charge on any atom is -0.389 e. The van der Waals surface area contributed by atoms with E-state index in [2.05, 4.69) is 6.92 Å². The largest absolute Gasteiger partial charge is 0.389 e. The number of carbonyl (C=O) groups excluding carboxylic acids is 1. The second-order valence-electron chi connectivity index (χ2n) is 3.62. The van der Waals surface area contributed by atoms with Gasteiger partial charge in [0.05, 0.1) is 6.10 Å². The molecule has 2 nitrogen and oxygen atoms in total. The molecule has 0 aromatic rings. The van der Waals surface area contributed by atoms with Gasteiger partial charge in [0.15, 0.2) is 0 Å². The fourth-order valence-electron chi connectivity index (χ4n) is 1.30. The third kappa shape index (κ3) is 8.70. The summed E-state index contributed by atoms with van der Waals surface area (Å²) in [5, 5.41) is 9.82. The molecule has 0 spiro atoms. The number of thioether (sulfide) groups is 1. The van der Waals surface area contributed by atoms with E-state index in [9.17, 15) is 9.90 Å². The van der Waals surface area contributed by atoms with Crippen molar-refractivity contribution in [1.29, 1.82) is 0 Å². The Morgan fingerprint density at radius 3 is 2.60 bits per heavy atom. The highest BCUT2D eigenvalue weighted by Crippen LogP contribution is 2.12. The summed E-state index contributed by atoms with van der Waals surface area (Å²) in [6.45, 7) is 2.15. The van der Waals surface area contributed by atoms with E-state index in [0.717, 1.165) is 19.1 Å². The number of unbranched alkanes of at least 4 members (excludes halogenated alkanes) is 2. The van der Waals surface area contributed by atoms with Gasteiger partial charge in [0.25, 0.3) is 0 Å². The predicted octanol–water partition coefficient (Wildman–Crippen LogP) is 2.80. The van der Waals surface area contributed by atoms with Gasteiger partial charge in [0.2, 0.25) is 0 Å². The molecule has 0 saturated heterocycles. The molecule has 0 fully saturated rings. The van der Waals surface area contributed by atoms with Crippen LogP contribution in [0, 0.1) is 0 Å². The summed E-state index contributed by atoms with van der Waals surface area (Å²) in [4.78, 5) is 10.3. The van der Waals surface area contributed by atoms with Crippen LogP contribution >= 0.6 is 11.8 Å². The van der Waals surface area contributed by atoms with Crippen molar-refractivity contribution in [2.75, 3.05) is 6.26 Å². The van der Waals surface area contributed by atoms with Crippen molar-refractivity contribution in [1.82, 2.24) is 0 Å². The summed E-state index contributed by atoms with van der Waals surface area (Å²) in [5.41, 5.74) is 0. The highest BCUT2D eigenvalue weighted by atomic mass is 32.2. The maximum atomic E-state index is 10.3. The Balaban J connectivity index is 3.75. The lowest BCUT2D eigenvalue weighted by molar-refractivity contribution is -0.107. The van der Waals surface area contributed by atoms with Crippen LogP contribution in [-0.2, 0) is 4.79 Å². The third-order valence-corrected chi connectivity index (χ3v) is 3.24. The van der Waals surface area contributed by atoms with E-state index in [1.165, 1.54) is 12.8 Å². The van der Waals surface area contributed by atoms with Crippen LogP contribution < -0.4 is 0 Å². The minimum absolute atomic E-state index is 0.211. The van der Waals surface area contributed by atoms with Crippen molar-refractivity contribution in [2.45, 2.75) is 50.4 Å². The van der Waals surface area contributed by atoms with Crippen LogP contribution in [0.3, 0.4) is 0 Å². The highest BCUT2D eigenvalue weighted by molar-refractivity contribution is 7.99. The number of aldehydes is 1. The third-order valence-electron chi connectivity index (χ3n) is 2.28. The van der Waals surface area contributed by atoms with Crippen LogP contribution in [0.1, 0.15) is 39.0 Å². The first-order chi connectivity index (χ1) is 7.24. The van der Waals surface area contributed by atoms with Crippen molar-refractivity contribution < 1.29 is 9.90 Å². The van der Waals surface area contributed by atoms with Crippen molar-refractivity contribution in [3.05, 3.63) is 12.2 Å². The molecular formula is C12H22O2S. The normalized spacial score (nSPS) is 15.4. The van der Waals surface area contributed by atoms with Gasteiger partial charge in [-0.25, -0.2) is 0 Å². The zero-order chi connectivity index (χ0) is 11.5. The van der Waals surface area contributed by atoms with E-state index < -0.39 is 0 Å². The van der Waals surface area contributed by atoms with Gasteiger partial charge < -0.3 is 9.90 Å². The summed E-state index contributed by atoms with van der Waals surface area (Å²) < 4.78 is 0. The monoisotopic (exact) mass is 230 g/mol. The number of rotatable bonds is 9. The molecule has 0 aliphatic carbocycles. The lowest BCUT2D eigenvalue weighted by atomic mass is 10.1. The topological polar surface area (TPSA) is 37.3 Å². The van der Waals surface area contributed by atoms with Gasteiger partial charge in [0, 0.05) is 11.7 Å². The molecule has 2 unspecified atom stereocenters. The van der Waals surface area contributed by atoms with Crippen LogP contribution in [0.15, 0.2) is 12.2 Å². The standard InChI is InChI=1S/C12H22O2S/c1-3-4-5-6-11(14)7-8-12(15-2)9-10-13/h7-8,10-12,14H,3-6,9H2,1-2H3. The number of carbonyl (C=O) groups is 1. The molecule has 0 aliphatic rings. The smallest absolute Gasteiger partial charge is 0.121 e. The van der Waals surface area contributed by atoms with Crippen molar-refractivity contribution in [3.8, 4) is 0 Å². The average Bonchev–Trinajstić information content (AvgIpc) is 2.24. The van der Waals surface area contributed by atoms with Gasteiger partial charge in [-0.05, 0) is 12.7 Å². The van der Waals surface area contributed by atoms with Crippen LogP contribution in [0.4, 0.5) is 0 Å². The van der Waals surface area contributed by atoms with Gasteiger partial charge >= 0.3 is 0 Å². The number of aliphatic hydroxyl groups excluding tert-OH is 1. The summed E-state index contributed by atoms with van der Waals surface area (Å²) >= 11 is 1.64. The van der Waals surface area contributed by atoms with Crippen molar-refractivity contribution in [2.24, 2.45) is 0 Å². The summed E-state index contributed by atoms with van der Waals surface area (Å²) in [6, 6.07) is 0. The molecule has 0 amide bonds. The molecule has 0 rings (SSSR count). The molecule has 0 radical (unpaired) electrons. The molecule has 0 saturated carbocycles. The van der Waals surface area contributed by atoms with Crippen LogP contribution in [0.25, 0.3) is 0 Å². The molecule has 1 N–H and O–H groups in total. The number of hydrogen-bond donors (Lipinski definition) is 1. The summed E-state index contributed by atoms with van der Waals surface area (Å²) in [6.07, 6.45) is 11.1. The summed E-state index contributed by atoms with van der Waals surface area (Å²) in [7, 11) is 0. The molecule has 0 bridgehead atoms. The zero-order valence-corrected chi connectivity index (χ0v) is 10.5. The first-order valence-corrected chi connectivity index (χ1v) is 6.86. The Labute approximate surface area is 97.1 Å². The number of hydrogen-bond acceptors (Lipinski definition) is 3. The first-order valence-electron chi connectivity index (χ1n) is 5.57. The van der Waals surface area contributed by atoms with Gasteiger partial charge in [-0.15, -0.1) is 0 Å². The molecule has 0 heterocycles. The molecule has 0 aliphatic heterocycles. The first kappa shape index (κ1) is 14.7. The molecule has 3 heteroatoms. The van der Waals surface area contributed by atoms with Gasteiger partial charge in [0.1, 0.15) is 6.29 Å². The van der Waals surface area contributed by atoms with E-state index >= 15 is 0 Å². The Hall–Kier alpha value is -0.280. The molecule has 0 aromatic heterocycles. The fourth-order valence-corrected chi connectivity index (χ4v) is 1.82. The molecule has 2 atom stereocenters. The molecule has 88 valence electrons. The Morgan fingerprint density at radius 1 is 1.33 bits per heavy atom. The predicted molar refractivity (Wildman–Crippen MR) is 67.3 cm³/mol. The summed E-state index contributed by atoms with van der Waals surface area (Å²) in [5.74, 6) is 0. The van der Waals surface area contributed by atoms with Gasteiger partial charge in [-0.3, -0.25) is 0 Å². The van der Waals surface area contributed by atoms with Crippen molar-refractivity contribution >= 4 is 18.0 Å². The van der Waals surface area contributed by atoms with E-state index in [1.807, 2.05) is 18.4 Å². The maximum absolute atomic E-state index is 10.3. The fraction of sp³-hybridized carbons (Fsp3) is 0.750. The van der Waals surface area contributed by atoms with Crippen LogP contribution in [0.5, 0.6) is 0 Å². The highest BCUT2D eigenvalue weighted by Gasteiger charge is 2.03. The van der Waals surface area contributed by atoms with E-state index in [4.69, 9.17) is 0 Å². The van der Waals surface area contributed by atoms with Crippen LogP contribution in [-0.4, -0.2) is 29.0 Å². The van der Waals surface area contributed by atoms with Crippen molar-refractivity contribution in [3.63, 3.8) is 0 Å². The number of aliphatic hydroxyl groups is 1. The second-order valence-corrected chi connectivity index (χ2v) is 4.70. The quantitative estimate of drug-likeness (QED) is 0.376. The lowest BCUT2D eigenvalue weighted by Gasteiger charge is -2.07. The zero-order valence-electron chi connectivity index (χ0n) is 9.69. The minimum atomic E-state index is -0.349. The van der Waals surface area contributed by atoms with E-state index in [-0.39, 0.29) is 11.4 Å². The van der Waals surface area contributed by atoms with E-state index in [0.29, 0.717) is 6.42 Å². The van der Waals surface area contributed by atoms with Gasteiger partial charge in [-0.2, -0.15) is 11.8 Å². The lowest BCUT2D eigenvalue weighted by Crippen LogP contribution is -2.05. The molecule has 15 heavy (non-hydrogen) atoms.